The van der Waals surface area contributed by atoms with Crippen molar-refractivity contribution in [2.75, 3.05) is 0 Å². The Morgan fingerprint density at radius 1 is 1.38 bits per heavy atom. The molecule has 0 heterocycles. The lowest BCUT2D eigenvalue weighted by atomic mass is 10.9. The van der Waals surface area contributed by atoms with E-state index < -0.39 is 5.97 Å². The summed E-state index contributed by atoms with van der Waals surface area (Å²) in [5, 5.41) is 7.42. The molecule has 0 aromatic heterocycles. The molecular formula is C4H6O4. The highest BCUT2D eigenvalue weighted by Crippen LogP contribution is 1.42. The summed E-state index contributed by atoms with van der Waals surface area (Å²) >= 11 is 0. The van der Waals surface area contributed by atoms with E-state index in [9.17, 15) is 0 Å². The summed E-state index contributed by atoms with van der Waals surface area (Å²) in [7, 11) is 0. The van der Waals surface area contributed by atoms with E-state index in [4.69, 9.17) is 19.5 Å². The molecule has 0 unspecified atom stereocenters. The largest absolute Gasteiger partial charge is 0.481 e. The lowest BCUT2D eigenvalue weighted by Crippen LogP contribution is -1.78. The molecule has 0 fully saturated rings. The average Bonchev–Trinajstić information content (AvgIpc) is 1.65. The molecule has 4 heteroatoms. The first kappa shape index (κ1) is 9.94. The second kappa shape index (κ2) is 9.26. The van der Waals surface area contributed by atoms with Crippen molar-refractivity contribution in [3.63, 3.8) is 0 Å². The number of rotatable bonds is 1. The molecule has 0 aromatic carbocycles. The predicted molar refractivity (Wildman–Crippen MR) is 25.4 cm³/mol. The summed E-state index contributed by atoms with van der Waals surface area (Å²) in [6.07, 6.45) is 0.389. The molecule has 0 atom stereocenters. The fourth-order valence-corrected chi connectivity index (χ4v) is 0. The van der Waals surface area contributed by atoms with Gasteiger partial charge < -0.3 is 5.11 Å². The van der Waals surface area contributed by atoms with Gasteiger partial charge in [-0.2, -0.15) is 0 Å². The van der Waals surface area contributed by atoms with Crippen LogP contribution in [0.5, 0.6) is 0 Å². The number of carboxylic acids is 1. The molecular weight excluding hydrogens is 112 g/mol. The molecule has 0 spiro atoms. The first-order valence-electron chi connectivity index (χ1n) is 1.73. The van der Waals surface area contributed by atoms with Crippen LogP contribution in [-0.2, 0) is 14.4 Å². The van der Waals surface area contributed by atoms with E-state index in [0.717, 1.165) is 6.92 Å². The maximum absolute atomic E-state index is 9.00. The van der Waals surface area contributed by atoms with Crippen LogP contribution in [0.3, 0.4) is 0 Å². The van der Waals surface area contributed by atoms with Crippen LogP contribution in [0.4, 0.5) is 0 Å². The van der Waals surface area contributed by atoms with Crippen molar-refractivity contribution in [2.24, 2.45) is 0 Å². The van der Waals surface area contributed by atoms with E-state index in [1.807, 2.05) is 0 Å². The fourth-order valence-electron chi connectivity index (χ4n) is 0. The maximum Gasteiger partial charge on any atom is 0.300 e. The second-order valence-corrected chi connectivity index (χ2v) is 0.791. The molecule has 0 aliphatic carbocycles. The number of aldehydes is 2. The van der Waals surface area contributed by atoms with Crippen molar-refractivity contribution < 1.29 is 19.5 Å². The van der Waals surface area contributed by atoms with Crippen molar-refractivity contribution in [3.8, 4) is 0 Å². The van der Waals surface area contributed by atoms with Crippen LogP contribution < -0.4 is 0 Å². The van der Waals surface area contributed by atoms with Gasteiger partial charge in [-0.3, -0.25) is 14.4 Å². The Morgan fingerprint density at radius 3 is 1.50 bits per heavy atom. The van der Waals surface area contributed by atoms with Crippen LogP contribution in [0.15, 0.2) is 0 Å². The first-order valence-corrected chi connectivity index (χ1v) is 1.73. The highest BCUT2D eigenvalue weighted by atomic mass is 16.4. The monoisotopic (exact) mass is 118 g/mol. The van der Waals surface area contributed by atoms with Crippen molar-refractivity contribution in [3.05, 3.63) is 0 Å². The van der Waals surface area contributed by atoms with E-state index >= 15 is 0 Å². The molecule has 0 saturated heterocycles. The molecule has 0 rings (SSSR count). The predicted octanol–water partition coefficient (Wildman–Crippen LogP) is -0.525. The Morgan fingerprint density at radius 2 is 1.50 bits per heavy atom. The zero-order chi connectivity index (χ0) is 6.99. The van der Waals surface area contributed by atoms with Crippen molar-refractivity contribution >= 4 is 18.5 Å². The van der Waals surface area contributed by atoms with Crippen LogP contribution in [0.1, 0.15) is 6.92 Å². The van der Waals surface area contributed by atoms with E-state index in [-0.39, 0.29) is 12.6 Å². The molecule has 0 aromatic rings. The maximum atomic E-state index is 9.00. The van der Waals surface area contributed by atoms with E-state index in [1.54, 1.807) is 0 Å². The van der Waals surface area contributed by atoms with Gasteiger partial charge in [-0.15, -0.1) is 0 Å². The summed E-state index contributed by atoms with van der Waals surface area (Å²) in [5.41, 5.74) is 0. The quantitative estimate of drug-likeness (QED) is 0.371. The average molecular weight is 118 g/mol. The van der Waals surface area contributed by atoms with Crippen molar-refractivity contribution in [2.45, 2.75) is 6.92 Å². The van der Waals surface area contributed by atoms with E-state index in [2.05, 4.69) is 0 Å². The number of carbonyl (C=O) groups excluding carboxylic acids is 2. The Hall–Kier alpha value is -1.19. The Balaban J connectivity index is 0. The van der Waals surface area contributed by atoms with Crippen LogP contribution in [0.2, 0.25) is 0 Å². The highest BCUT2D eigenvalue weighted by Gasteiger charge is 1.65. The molecule has 8 heavy (non-hydrogen) atoms. The molecule has 0 saturated carbocycles. The van der Waals surface area contributed by atoms with Gasteiger partial charge >= 0.3 is 0 Å². The molecule has 4 nitrogen and oxygen atoms in total. The van der Waals surface area contributed by atoms with Gasteiger partial charge in [-0.1, -0.05) is 0 Å². The van der Waals surface area contributed by atoms with Gasteiger partial charge in [0.05, 0.1) is 0 Å². The second-order valence-electron chi connectivity index (χ2n) is 0.791. The topological polar surface area (TPSA) is 71.4 Å². The third-order valence-electron chi connectivity index (χ3n) is 0.0556. The van der Waals surface area contributed by atoms with Crippen molar-refractivity contribution in [1.29, 1.82) is 0 Å². The van der Waals surface area contributed by atoms with E-state index in [1.165, 1.54) is 0 Å². The SMILES string of the molecule is CC(=O)O.O=CC=O. The van der Waals surface area contributed by atoms with Gasteiger partial charge in [0.25, 0.3) is 5.97 Å². The lowest BCUT2D eigenvalue weighted by molar-refractivity contribution is -0.134. The number of hydrogen-bond donors (Lipinski definition) is 1. The van der Waals surface area contributed by atoms with Gasteiger partial charge in [0.2, 0.25) is 0 Å². The summed E-state index contributed by atoms with van der Waals surface area (Å²) in [6, 6.07) is 0. The van der Waals surface area contributed by atoms with Gasteiger partial charge in [0.15, 0.2) is 12.6 Å². The fraction of sp³-hybridized carbons (Fsp3) is 0.250. The Labute approximate surface area is 46.1 Å². The first-order chi connectivity index (χ1) is 3.65. The minimum atomic E-state index is -0.833. The molecule has 0 aliphatic heterocycles. The van der Waals surface area contributed by atoms with Gasteiger partial charge in [0, 0.05) is 6.92 Å². The third kappa shape index (κ3) is 1930. The molecule has 1 N–H and O–H groups in total. The number of aliphatic carboxylic acids is 1. The zero-order valence-electron chi connectivity index (χ0n) is 4.33. The van der Waals surface area contributed by atoms with Crippen molar-refractivity contribution in [1.82, 2.24) is 0 Å². The van der Waals surface area contributed by atoms with Crippen LogP contribution in [-0.4, -0.2) is 23.6 Å². The van der Waals surface area contributed by atoms with Crippen LogP contribution in [0.25, 0.3) is 0 Å². The van der Waals surface area contributed by atoms with Gasteiger partial charge in [0.1, 0.15) is 0 Å². The van der Waals surface area contributed by atoms with Crippen LogP contribution in [0, 0.1) is 0 Å². The Kier molecular flexibility index (Phi) is 11.5. The normalized spacial score (nSPS) is 5.62. The number of carbonyl (C=O) groups is 3. The number of hydrogen-bond acceptors (Lipinski definition) is 3. The zero-order valence-corrected chi connectivity index (χ0v) is 4.33. The molecule has 0 bridgehead atoms. The third-order valence-corrected chi connectivity index (χ3v) is 0.0556. The summed E-state index contributed by atoms with van der Waals surface area (Å²) in [6.45, 7) is 1.08. The van der Waals surface area contributed by atoms with E-state index in [0.29, 0.717) is 0 Å². The molecule has 0 aliphatic rings. The standard InChI is InChI=1S/C2H4O2.C2H2O2/c1-2(3)4;3-1-2-4/h1H3,(H,3,4);1-2H. The lowest BCUT2D eigenvalue weighted by Gasteiger charge is -1.59. The smallest absolute Gasteiger partial charge is 0.300 e. The molecule has 0 radical (unpaired) electrons. The summed E-state index contributed by atoms with van der Waals surface area (Å²) < 4.78 is 0. The Bertz CT molecular complexity index is 76.0. The summed E-state index contributed by atoms with van der Waals surface area (Å²) in [4.78, 5) is 26.6. The molecule has 46 valence electrons. The number of carboxylic acid groups (broad SMARTS) is 1. The van der Waals surface area contributed by atoms with Crippen LogP contribution >= 0.6 is 0 Å². The highest BCUT2D eigenvalue weighted by molar-refractivity contribution is 6.09. The summed E-state index contributed by atoms with van der Waals surface area (Å²) in [5.74, 6) is -0.833. The van der Waals surface area contributed by atoms with Gasteiger partial charge in [-0.25, -0.2) is 0 Å². The minimum Gasteiger partial charge on any atom is -0.481 e. The van der Waals surface area contributed by atoms with Gasteiger partial charge in [-0.05, 0) is 0 Å². The minimum absolute atomic E-state index is 0.194. The molecule has 0 amide bonds.